The number of alkyl halides is 3. The molecule has 22 heavy (non-hydrogen) atoms. The van der Waals surface area contributed by atoms with E-state index in [2.05, 4.69) is 15.0 Å². The number of rotatable bonds is 6. The van der Waals surface area contributed by atoms with E-state index >= 15 is 0 Å². The van der Waals surface area contributed by atoms with Crippen molar-refractivity contribution in [2.45, 2.75) is 39.8 Å². The molecule has 0 spiro atoms. The van der Waals surface area contributed by atoms with Gasteiger partial charge in [0.2, 0.25) is 5.91 Å². The summed E-state index contributed by atoms with van der Waals surface area (Å²) in [5.74, 6) is -1.83. The molecular weight excluding hydrogens is 321 g/mol. The number of thiazole rings is 1. The van der Waals surface area contributed by atoms with E-state index < -0.39 is 28.6 Å². The van der Waals surface area contributed by atoms with Crippen LogP contribution in [0.15, 0.2) is 0 Å². The van der Waals surface area contributed by atoms with E-state index in [1.165, 1.54) is 6.92 Å². The zero-order chi connectivity index (χ0) is 16.9. The minimum absolute atomic E-state index is 0.0521. The summed E-state index contributed by atoms with van der Waals surface area (Å²) in [6, 6.07) is 0. The smallest absolute Gasteiger partial charge is 0.435 e. The number of esters is 1. The van der Waals surface area contributed by atoms with Crippen LogP contribution in [0.3, 0.4) is 0 Å². The normalized spacial score (nSPS) is 11.6. The highest BCUT2D eigenvalue weighted by Gasteiger charge is 2.40. The molecule has 0 saturated carbocycles. The highest BCUT2D eigenvalue weighted by atomic mass is 32.1. The molecule has 0 bridgehead atoms. The van der Waals surface area contributed by atoms with Crippen molar-refractivity contribution in [3.8, 4) is 0 Å². The second-order valence-corrected chi connectivity index (χ2v) is 5.42. The minimum atomic E-state index is -4.80. The van der Waals surface area contributed by atoms with Gasteiger partial charge < -0.3 is 10.1 Å². The van der Waals surface area contributed by atoms with Crippen molar-refractivity contribution in [3.63, 3.8) is 0 Å². The molecule has 1 aromatic rings. The fraction of sp³-hybridized carbons (Fsp3) is 0.615. The van der Waals surface area contributed by atoms with Gasteiger partial charge in [-0.1, -0.05) is 25.2 Å². The molecule has 9 heteroatoms. The number of nitrogens with zero attached hydrogens (tertiary/aromatic N) is 1. The molecule has 1 N–H and O–H groups in total. The standard InChI is InChI=1S/C13H17F3N2O3S/c1-4-7(5-2)10(19)18-12-17-9(13(14,15)16)8(22-12)11(20)21-6-3/h7H,4-6H2,1-3H3,(H,17,18,19). The van der Waals surface area contributed by atoms with Crippen LogP contribution in [0.25, 0.3) is 0 Å². The molecule has 0 aromatic carbocycles. The summed E-state index contributed by atoms with van der Waals surface area (Å²) >= 11 is 0.464. The van der Waals surface area contributed by atoms with Gasteiger partial charge in [0.15, 0.2) is 10.8 Å². The molecule has 0 atom stereocenters. The lowest BCUT2D eigenvalue weighted by atomic mass is 10.0. The molecule has 0 unspecified atom stereocenters. The van der Waals surface area contributed by atoms with E-state index in [1.807, 2.05) is 0 Å². The van der Waals surface area contributed by atoms with Crippen molar-refractivity contribution in [1.29, 1.82) is 0 Å². The molecular formula is C13H17F3N2O3S. The maximum absolute atomic E-state index is 12.9. The first-order chi connectivity index (χ1) is 10.2. The van der Waals surface area contributed by atoms with Crippen LogP contribution < -0.4 is 5.32 Å². The molecule has 0 radical (unpaired) electrons. The van der Waals surface area contributed by atoms with Crippen molar-refractivity contribution in [2.24, 2.45) is 5.92 Å². The van der Waals surface area contributed by atoms with Crippen molar-refractivity contribution >= 4 is 28.3 Å². The molecule has 0 aliphatic heterocycles. The summed E-state index contributed by atoms with van der Waals surface area (Å²) < 4.78 is 43.3. The third-order valence-electron chi connectivity index (χ3n) is 2.94. The molecule has 1 aromatic heterocycles. The van der Waals surface area contributed by atoms with Crippen LogP contribution in [0.2, 0.25) is 0 Å². The first kappa shape index (κ1) is 18.4. The van der Waals surface area contributed by atoms with Gasteiger partial charge in [-0.05, 0) is 19.8 Å². The van der Waals surface area contributed by atoms with Crippen LogP contribution >= 0.6 is 11.3 Å². The lowest BCUT2D eigenvalue weighted by Crippen LogP contribution is -2.21. The number of hydrogen-bond acceptors (Lipinski definition) is 5. The Bertz CT molecular complexity index is 539. The van der Waals surface area contributed by atoms with Crippen molar-refractivity contribution in [1.82, 2.24) is 4.98 Å². The number of carbonyl (C=O) groups is 2. The topological polar surface area (TPSA) is 68.3 Å². The molecule has 0 fully saturated rings. The number of halogens is 3. The number of ether oxygens (including phenoxy) is 1. The Kier molecular flexibility index (Phi) is 6.34. The largest absolute Gasteiger partial charge is 0.462 e. The fourth-order valence-corrected chi connectivity index (χ4v) is 2.65. The number of aromatic nitrogens is 1. The van der Waals surface area contributed by atoms with Gasteiger partial charge in [-0.15, -0.1) is 0 Å². The zero-order valence-corrected chi connectivity index (χ0v) is 13.2. The highest BCUT2D eigenvalue weighted by Crippen LogP contribution is 2.36. The van der Waals surface area contributed by atoms with E-state index in [0.717, 1.165) is 0 Å². The van der Waals surface area contributed by atoms with E-state index in [9.17, 15) is 22.8 Å². The van der Waals surface area contributed by atoms with Crippen molar-refractivity contribution in [2.75, 3.05) is 11.9 Å². The van der Waals surface area contributed by atoms with Crippen LogP contribution in [0.4, 0.5) is 18.3 Å². The first-order valence-corrected chi connectivity index (χ1v) is 7.62. The molecule has 0 saturated heterocycles. The van der Waals surface area contributed by atoms with Crippen LogP contribution in [-0.4, -0.2) is 23.5 Å². The molecule has 1 rings (SSSR count). The van der Waals surface area contributed by atoms with E-state index in [-0.39, 0.29) is 17.7 Å². The molecule has 1 heterocycles. The van der Waals surface area contributed by atoms with Crippen LogP contribution in [0.5, 0.6) is 0 Å². The predicted molar refractivity (Wildman–Crippen MR) is 75.8 cm³/mol. The van der Waals surface area contributed by atoms with Gasteiger partial charge in [0.05, 0.1) is 6.61 Å². The third-order valence-corrected chi connectivity index (χ3v) is 3.89. The predicted octanol–water partition coefficient (Wildman–Crippen LogP) is 3.71. The average Bonchev–Trinajstić information content (AvgIpc) is 2.84. The zero-order valence-electron chi connectivity index (χ0n) is 12.4. The third kappa shape index (κ3) is 4.43. The molecule has 0 aliphatic rings. The first-order valence-electron chi connectivity index (χ1n) is 6.80. The Hall–Kier alpha value is -1.64. The SMILES string of the molecule is CCOC(=O)c1sc(NC(=O)C(CC)CC)nc1C(F)(F)F. The molecule has 5 nitrogen and oxygen atoms in total. The van der Waals surface area contributed by atoms with Gasteiger partial charge in [-0.25, -0.2) is 9.78 Å². The summed E-state index contributed by atoms with van der Waals surface area (Å²) in [6.45, 7) is 5.05. The van der Waals surface area contributed by atoms with Crippen LogP contribution in [0.1, 0.15) is 49.0 Å². The maximum atomic E-state index is 12.9. The minimum Gasteiger partial charge on any atom is -0.462 e. The summed E-state index contributed by atoms with van der Waals surface area (Å²) in [7, 11) is 0. The van der Waals surface area contributed by atoms with Gasteiger partial charge >= 0.3 is 12.1 Å². The van der Waals surface area contributed by atoms with Gasteiger partial charge in [0.25, 0.3) is 0 Å². The number of hydrogen-bond donors (Lipinski definition) is 1. The Balaban J connectivity index is 3.08. The lowest BCUT2D eigenvalue weighted by molar-refractivity contribution is -0.141. The van der Waals surface area contributed by atoms with E-state index in [0.29, 0.717) is 24.2 Å². The lowest BCUT2D eigenvalue weighted by Gasteiger charge is -2.10. The molecule has 0 aliphatic carbocycles. The van der Waals surface area contributed by atoms with E-state index in [4.69, 9.17) is 0 Å². The summed E-state index contributed by atoms with van der Waals surface area (Å²) in [5, 5.41) is 2.08. The number of amides is 1. The maximum Gasteiger partial charge on any atom is 0.435 e. The van der Waals surface area contributed by atoms with Gasteiger partial charge in [0.1, 0.15) is 4.88 Å². The van der Waals surface area contributed by atoms with Crippen LogP contribution in [0, 0.1) is 5.92 Å². The Morgan fingerprint density at radius 3 is 2.32 bits per heavy atom. The Labute approximate surface area is 129 Å². The summed E-state index contributed by atoms with van der Waals surface area (Å²) in [6.07, 6.45) is -3.67. The van der Waals surface area contributed by atoms with Crippen molar-refractivity contribution in [3.05, 3.63) is 10.6 Å². The number of anilines is 1. The van der Waals surface area contributed by atoms with Crippen molar-refractivity contribution < 1.29 is 27.5 Å². The van der Waals surface area contributed by atoms with Gasteiger partial charge in [-0.3, -0.25) is 4.79 Å². The van der Waals surface area contributed by atoms with Gasteiger partial charge in [0, 0.05) is 5.92 Å². The highest BCUT2D eigenvalue weighted by molar-refractivity contribution is 7.17. The summed E-state index contributed by atoms with van der Waals surface area (Å²) in [4.78, 5) is 26.2. The van der Waals surface area contributed by atoms with Gasteiger partial charge in [-0.2, -0.15) is 13.2 Å². The summed E-state index contributed by atoms with van der Waals surface area (Å²) in [5.41, 5.74) is -1.34. The fourth-order valence-electron chi connectivity index (χ4n) is 1.77. The number of nitrogens with one attached hydrogen (secondary N) is 1. The molecule has 1 amide bonds. The Morgan fingerprint density at radius 1 is 1.27 bits per heavy atom. The molecule has 124 valence electrons. The quantitative estimate of drug-likeness (QED) is 0.803. The van der Waals surface area contributed by atoms with E-state index in [1.54, 1.807) is 13.8 Å². The monoisotopic (exact) mass is 338 g/mol. The average molecular weight is 338 g/mol. The number of carbonyl (C=O) groups excluding carboxylic acids is 2. The Morgan fingerprint density at radius 2 is 1.86 bits per heavy atom. The van der Waals surface area contributed by atoms with Crippen LogP contribution in [-0.2, 0) is 15.7 Å². The second-order valence-electron chi connectivity index (χ2n) is 4.42. The second kappa shape index (κ2) is 7.57.